The summed E-state index contributed by atoms with van der Waals surface area (Å²) in [6, 6.07) is 10.1. The molecule has 1 atom stereocenters. The van der Waals surface area contributed by atoms with Crippen molar-refractivity contribution in [1.29, 1.82) is 0 Å². The lowest BCUT2D eigenvalue weighted by molar-refractivity contribution is -0.120. The Hall–Kier alpha value is -2.67. The van der Waals surface area contributed by atoms with E-state index in [-0.39, 0.29) is 17.4 Å². The lowest BCUT2D eigenvalue weighted by Gasteiger charge is -2.14. The van der Waals surface area contributed by atoms with Crippen LogP contribution in [0.25, 0.3) is 10.8 Å². The number of sulfonamides is 1. The molecule has 0 aliphatic heterocycles. The van der Waals surface area contributed by atoms with Gasteiger partial charge in [0.15, 0.2) is 0 Å². The third-order valence-electron chi connectivity index (χ3n) is 3.80. The quantitative estimate of drug-likeness (QED) is 0.772. The maximum atomic E-state index is 12.6. The fraction of sp³-hybridized carbons (Fsp3) is 0.176. The number of aromatic nitrogens is 2. The summed E-state index contributed by atoms with van der Waals surface area (Å²) in [5, 5.41) is 1.24. The molecule has 6 nitrogen and oxygen atoms in total. The number of amides is 1. The predicted octanol–water partition coefficient (Wildman–Crippen LogP) is 2.49. The molecule has 0 radical (unpaired) electrons. The number of pyridine rings is 1. The van der Waals surface area contributed by atoms with Gasteiger partial charge in [-0.3, -0.25) is 9.78 Å². The second-order valence-electron chi connectivity index (χ2n) is 5.57. The molecule has 0 spiro atoms. The van der Waals surface area contributed by atoms with Crippen molar-refractivity contribution in [2.75, 3.05) is 0 Å². The van der Waals surface area contributed by atoms with E-state index < -0.39 is 15.9 Å². The minimum Gasteiger partial charge on any atom is -0.351 e. The lowest BCUT2D eigenvalue weighted by atomic mass is 10.2. The summed E-state index contributed by atoms with van der Waals surface area (Å²) in [7, 11) is -3.94. The van der Waals surface area contributed by atoms with Crippen molar-refractivity contribution in [2.45, 2.75) is 24.3 Å². The minimum absolute atomic E-state index is 0.0697. The first kappa shape index (κ1) is 16.2. The highest BCUT2D eigenvalue weighted by Gasteiger charge is 2.21. The fourth-order valence-corrected chi connectivity index (χ4v) is 3.82. The highest BCUT2D eigenvalue weighted by Crippen LogP contribution is 2.22. The average molecular weight is 343 g/mol. The van der Waals surface area contributed by atoms with Gasteiger partial charge in [0.25, 0.3) is 10.0 Å². The van der Waals surface area contributed by atoms with Gasteiger partial charge in [-0.25, -0.2) is 13.1 Å². The lowest BCUT2D eigenvalue weighted by Crippen LogP contribution is -2.32. The Bertz CT molecular complexity index is 960. The van der Waals surface area contributed by atoms with Crippen molar-refractivity contribution >= 4 is 26.7 Å². The molecule has 124 valence electrons. The van der Waals surface area contributed by atoms with Crippen LogP contribution < -0.4 is 4.72 Å². The number of fused-ring (bicyclic) bond motifs is 1. The van der Waals surface area contributed by atoms with Gasteiger partial charge in [0, 0.05) is 48.0 Å². The van der Waals surface area contributed by atoms with Gasteiger partial charge in [0.05, 0.1) is 4.90 Å². The molecule has 0 saturated heterocycles. The molecule has 0 aliphatic rings. The van der Waals surface area contributed by atoms with E-state index >= 15 is 0 Å². The van der Waals surface area contributed by atoms with E-state index in [2.05, 4.69) is 9.71 Å². The van der Waals surface area contributed by atoms with E-state index in [9.17, 15) is 13.2 Å². The maximum Gasteiger partial charge on any atom is 0.264 e. The SMILES string of the molecule is C[C@H](CC(=O)NS(=O)(=O)c1cccc2cnccc12)n1cccc1. The minimum atomic E-state index is -3.94. The molecular formula is C17H17N3O3S. The average Bonchev–Trinajstić information content (AvgIpc) is 3.08. The van der Waals surface area contributed by atoms with Gasteiger partial charge < -0.3 is 4.57 Å². The number of carbonyl (C=O) groups is 1. The van der Waals surface area contributed by atoms with Gasteiger partial charge in [-0.15, -0.1) is 0 Å². The molecule has 1 amide bonds. The summed E-state index contributed by atoms with van der Waals surface area (Å²) < 4.78 is 29.1. The van der Waals surface area contributed by atoms with E-state index in [1.165, 1.54) is 12.3 Å². The molecule has 2 aromatic heterocycles. The first-order valence-electron chi connectivity index (χ1n) is 7.48. The summed E-state index contributed by atoms with van der Waals surface area (Å²) in [4.78, 5) is 16.2. The Morgan fingerprint density at radius 1 is 1.21 bits per heavy atom. The molecule has 3 rings (SSSR count). The van der Waals surface area contributed by atoms with Crippen molar-refractivity contribution in [1.82, 2.24) is 14.3 Å². The van der Waals surface area contributed by atoms with Gasteiger partial charge in [-0.05, 0) is 31.2 Å². The monoisotopic (exact) mass is 343 g/mol. The molecular weight excluding hydrogens is 326 g/mol. The number of benzene rings is 1. The predicted molar refractivity (Wildman–Crippen MR) is 90.8 cm³/mol. The van der Waals surface area contributed by atoms with Gasteiger partial charge in [0.1, 0.15) is 0 Å². The maximum absolute atomic E-state index is 12.6. The van der Waals surface area contributed by atoms with E-state index in [0.29, 0.717) is 10.8 Å². The van der Waals surface area contributed by atoms with Crippen LogP contribution >= 0.6 is 0 Å². The van der Waals surface area contributed by atoms with Gasteiger partial charge in [0.2, 0.25) is 5.91 Å². The number of nitrogens with one attached hydrogen (secondary N) is 1. The third kappa shape index (κ3) is 3.30. The third-order valence-corrected chi connectivity index (χ3v) is 5.23. The van der Waals surface area contributed by atoms with Gasteiger partial charge >= 0.3 is 0 Å². The topological polar surface area (TPSA) is 81.1 Å². The first-order valence-corrected chi connectivity index (χ1v) is 8.96. The van der Waals surface area contributed by atoms with E-state index in [1.54, 1.807) is 24.4 Å². The Labute approximate surface area is 140 Å². The summed E-state index contributed by atoms with van der Waals surface area (Å²) in [5.41, 5.74) is 0. The Morgan fingerprint density at radius 3 is 2.71 bits per heavy atom. The Balaban J connectivity index is 1.81. The van der Waals surface area contributed by atoms with Crippen LogP contribution in [0.3, 0.4) is 0 Å². The van der Waals surface area contributed by atoms with Crippen LogP contribution in [-0.2, 0) is 14.8 Å². The summed E-state index contributed by atoms with van der Waals surface area (Å²) >= 11 is 0. The zero-order chi connectivity index (χ0) is 17.2. The largest absolute Gasteiger partial charge is 0.351 e. The highest BCUT2D eigenvalue weighted by atomic mass is 32.2. The van der Waals surface area contributed by atoms with E-state index in [4.69, 9.17) is 0 Å². The molecule has 1 aromatic carbocycles. The van der Waals surface area contributed by atoms with Crippen molar-refractivity contribution in [3.63, 3.8) is 0 Å². The van der Waals surface area contributed by atoms with Crippen LogP contribution in [0.1, 0.15) is 19.4 Å². The summed E-state index contributed by atoms with van der Waals surface area (Å²) in [6.45, 7) is 1.86. The summed E-state index contributed by atoms with van der Waals surface area (Å²) in [5.74, 6) is -0.540. The second-order valence-corrected chi connectivity index (χ2v) is 7.22. The zero-order valence-electron chi connectivity index (χ0n) is 13.1. The molecule has 24 heavy (non-hydrogen) atoms. The number of nitrogens with zero attached hydrogens (tertiary/aromatic N) is 2. The van der Waals surface area contributed by atoms with Crippen molar-refractivity contribution < 1.29 is 13.2 Å². The van der Waals surface area contributed by atoms with Crippen LogP contribution in [0.2, 0.25) is 0 Å². The Kier molecular flexibility index (Phi) is 4.35. The van der Waals surface area contributed by atoms with Crippen LogP contribution in [-0.4, -0.2) is 23.9 Å². The molecule has 0 fully saturated rings. The van der Waals surface area contributed by atoms with Crippen LogP contribution in [0.5, 0.6) is 0 Å². The molecule has 0 bridgehead atoms. The van der Waals surface area contributed by atoms with Crippen molar-refractivity contribution in [2.24, 2.45) is 0 Å². The zero-order valence-corrected chi connectivity index (χ0v) is 13.9. The van der Waals surface area contributed by atoms with Crippen LogP contribution in [0.4, 0.5) is 0 Å². The molecule has 1 N–H and O–H groups in total. The van der Waals surface area contributed by atoms with Crippen LogP contribution in [0.15, 0.2) is 66.1 Å². The molecule has 3 aromatic rings. The number of hydrogen-bond acceptors (Lipinski definition) is 4. The molecule has 0 saturated carbocycles. The highest BCUT2D eigenvalue weighted by molar-refractivity contribution is 7.90. The van der Waals surface area contributed by atoms with E-state index in [1.807, 2.05) is 36.0 Å². The first-order chi connectivity index (χ1) is 11.5. The number of carbonyl (C=O) groups excluding carboxylic acids is 1. The van der Waals surface area contributed by atoms with Crippen LogP contribution in [0, 0.1) is 0 Å². The smallest absolute Gasteiger partial charge is 0.264 e. The molecule has 2 heterocycles. The summed E-state index contributed by atoms with van der Waals surface area (Å²) in [6.07, 6.45) is 6.86. The molecule has 0 unspecified atom stereocenters. The second kappa shape index (κ2) is 6.45. The normalized spacial score (nSPS) is 12.9. The van der Waals surface area contributed by atoms with Gasteiger partial charge in [-0.1, -0.05) is 12.1 Å². The van der Waals surface area contributed by atoms with Crippen molar-refractivity contribution in [3.8, 4) is 0 Å². The molecule has 7 heteroatoms. The Morgan fingerprint density at radius 2 is 1.96 bits per heavy atom. The standard InChI is InChI=1S/C17H17N3O3S/c1-13(20-9-2-3-10-20)11-17(21)19-24(22,23)16-6-4-5-14-12-18-8-7-15(14)16/h2-10,12-13H,11H2,1H3,(H,19,21)/t13-/m1/s1. The fourth-order valence-electron chi connectivity index (χ4n) is 2.59. The van der Waals surface area contributed by atoms with Gasteiger partial charge in [-0.2, -0.15) is 0 Å². The number of hydrogen-bond donors (Lipinski definition) is 1. The van der Waals surface area contributed by atoms with E-state index in [0.717, 1.165) is 0 Å². The van der Waals surface area contributed by atoms with Crippen molar-refractivity contribution in [3.05, 3.63) is 61.2 Å². The number of rotatable bonds is 5. The molecule has 0 aliphatic carbocycles.